The molecular weight excluding hydrogens is 330 g/mol. The number of likely N-dealkylation sites (N-methyl/N-ethyl adjacent to an activating group) is 1. The van der Waals surface area contributed by atoms with Gasteiger partial charge in [-0.2, -0.15) is 0 Å². The predicted octanol–water partition coefficient (Wildman–Crippen LogP) is 1.82. The van der Waals surface area contributed by atoms with Crippen molar-refractivity contribution in [2.45, 2.75) is 13.5 Å². The molecule has 0 bridgehead atoms. The number of amides is 3. The van der Waals surface area contributed by atoms with E-state index in [2.05, 4.69) is 10.6 Å². The summed E-state index contributed by atoms with van der Waals surface area (Å²) < 4.78 is 0. The van der Waals surface area contributed by atoms with Crippen LogP contribution in [-0.2, 0) is 11.3 Å². The van der Waals surface area contributed by atoms with Crippen molar-refractivity contribution in [3.8, 4) is 0 Å². The molecule has 0 spiro atoms. The van der Waals surface area contributed by atoms with Gasteiger partial charge in [-0.25, -0.2) is 0 Å². The van der Waals surface area contributed by atoms with Gasteiger partial charge in [0.2, 0.25) is 5.91 Å². The van der Waals surface area contributed by atoms with Crippen molar-refractivity contribution in [2.75, 3.05) is 20.1 Å². The molecule has 0 unspecified atom stereocenters. The Morgan fingerprint density at radius 2 is 1.62 bits per heavy atom. The van der Waals surface area contributed by atoms with Crippen molar-refractivity contribution >= 4 is 17.7 Å². The summed E-state index contributed by atoms with van der Waals surface area (Å²) in [5, 5.41) is 5.51. The van der Waals surface area contributed by atoms with Crippen LogP contribution in [-0.4, -0.2) is 42.8 Å². The van der Waals surface area contributed by atoms with Crippen LogP contribution >= 0.6 is 0 Å². The molecule has 3 amide bonds. The second-order valence-electron chi connectivity index (χ2n) is 5.86. The van der Waals surface area contributed by atoms with E-state index in [0.29, 0.717) is 24.2 Å². The summed E-state index contributed by atoms with van der Waals surface area (Å²) in [6.45, 7) is 2.67. The number of carbonyl (C=O) groups is 3. The van der Waals surface area contributed by atoms with Crippen molar-refractivity contribution < 1.29 is 14.4 Å². The largest absolute Gasteiger partial charge is 0.352 e. The third-order valence-electron chi connectivity index (χ3n) is 3.76. The highest BCUT2D eigenvalue weighted by molar-refractivity contribution is 5.96. The molecular formula is C20H23N3O3. The molecule has 6 heteroatoms. The third-order valence-corrected chi connectivity index (χ3v) is 3.76. The molecule has 0 heterocycles. The maximum atomic E-state index is 12.2. The molecule has 6 nitrogen and oxygen atoms in total. The molecule has 0 atom stereocenters. The van der Waals surface area contributed by atoms with Gasteiger partial charge in [-0.15, -0.1) is 0 Å². The van der Waals surface area contributed by atoms with Gasteiger partial charge < -0.3 is 15.5 Å². The Kier molecular flexibility index (Phi) is 6.91. The number of nitrogens with one attached hydrogen (secondary N) is 2. The van der Waals surface area contributed by atoms with Crippen LogP contribution in [0.5, 0.6) is 0 Å². The topological polar surface area (TPSA) is 78.5 Å². The highest BCUT2D eigenvalue weighted by Crippen LogP contribution is 2.06. The molecule has 2 aromatic rings. The lowest BCUT2D eigenvalue weighted by Gasteiger charge is -2.17. The monoisotopic (exact) mass is 353 g/mol. The molecule has 2 N–H and O–H groups in total. The summed E-state index contributed by atoms with van der Waals surface area (Å²) in [5.41, 5.74) is 1.91. The highest BCUT2D eigenvalue weighted by atomic mass is 16.2. The molecule has 0 saturated heterocycles. The summed E-state index contributed by atoms with van der Waals surface area (Å²) in [4.78, 5) is 37.6. The lowest BCUT2D eigenvalue weighted by atomic mass is 10.1. The van der Waals surface area contributed by atoms with Gasteiger partial charge in [0.25, 0.3) is 11.8 Å². The average Bonchev–Trinajstić information content (AvgIpc) is 2.67. The van der Waals surface area contributed by atoms with Gasteiger partial charge in [-0.3, -0.25) is 14.4 Å². The molecule has 0 aromatic heterocycles. The number of benzene rings is 2. The highest BCUT2D eigenvalue weighted by Gasteiger charge is 2.14. The molecule has 2 aromatic carbocycles. The standard InChI is InChI=1S/C20H23N3O3/c1-3-21-19(25)17-11-7-8-15(12-17)13-22-18(24)14-23(2)20(26)16-9-5-4-6-10-16/h4-12H,3,13-14H2,1-2H3,(H,21,25)(H,22,24). The van der Waals surface area contributed by atoms with Crippen LogP contribution in [0.15, 0.2) is 54.6 Å². The Labute approximate surface area is 153 Å². The summed E-state index contributed by atoms with van der Waals surface area (Å²) in [7, 11) is 1.59. The number of rotatable bonds is 7. The molecule has 26 heavy (non-hydrogen) atoms. The fourth-order valence-electron chi connectivity index (χ4n) is 2.43. The quantitative estimate of drug-likeness (QED) is 0.797. The summed E-state index contributed by atoms with van der Waals surface area (Å²) >= 11 is 0. The minimum absolute atomic E-state index is 0.0380. The minimum Gasteiger partial charge on any atom is -0.352 e. The Bertz CT molecular complexity index is 775. The van der Waals surface area contributed by atoms with Gasteiger partial charge in [0, 0.05) is 31.3 Å². The van der Waals surface area contributed by atoms with Crippen LogP contribution in [0.1, 0.15) is 33.2 Å². The van der Waals surface area contributed by atoms with Crippen LogP contribution in [0.2, 0.25) is 0 Å². The van der Waals surface area contributed by atoms with E-state index < -0.39 is 0 Å². The van der Waals surface area contributed by atoms with Crippen LogP contribution in [0.3, 0.4) is 0 Å². The number of carbonyl (C=O) groups excluding carboxylic acids is 3. The van der Waals surface area contributed by atoms with Crippen LogP contribution in [0.4, 0.5) is 0 Å². The van der Waals surface area contributed by atoms with Gasteiger partial charge in [0.15, 0.2) is 0 Å². The molecule has 0 fully saturated rings. The van der Waals surface area contributed by atoms with Crippen molar-refractivity contribution in [2.24, 2.45) is 0 Å². The zero-order chi connectivity index (χ0) is 18.9. The van der Waals surface area contributed by atoms with E-state index >= 15 is 0 Å². The lowest BCUT2D eigenvalue weighted by molar-refractivity contribution is -0.121. The molecule has 136 valence electrons. The van der Waals surface area contributed by atoms with E-state index in [-0.39, 0.29) is 24.3 Å². The van der Waals surface area contributed by atoms with Crippen molar-refractivity contribution in [3.05, 3.63) is 71.3 Å². The minimum atomic E-state index is -0.264. The van der Waals surface area contributed by atoms with Crippen LogP contribution < -0.4 is 10.6 Å². The summed E-state index contributed by atoms with van der Waals surface area (Å²) in [6.07, 6.45) is 0. The average molecular weight is 353 g/mol. The van der Waals surface area contributed by atoms with E-state index in [4.69, 9.17) is 0 Å². The number of hydrogen-bond acceptors (Lipinski definition) is 3. The molecule has 0 saturated carbocycles. The van der Waals surface area contributed by atoms with Crippen molar-refractivity contribution in [3.63, 3.8) is 0 Å². The predicted molar refractivity (Wildman–Crippen MR) is 99.7 cm³/mol. The smallest absolute Gasteiger partial charge is 0.254 e. The molecule has 0 aliphatic carbocycles. The van der Waals surface area contributed by atoms with E-state index in [9.17, 15) is 14.4 Å². The summed E-state index contributed by atoms with van der Waals surface area (Å²) in [5.74, 6) is -0.618. The van der Waals surface area contributed by atoms with E-state index in [1.54, 1.807) is 49.5 Å². The van der Waals surface area contributed by atoms with Crippen LogP contribution in [0.25, 0.3) is 0 Å². The van der Waals surface area contributed by atoms with Gasteiger partial charge in [-0.1, -0.05) is 30.3 Å². The first-order valence-corrected chi connectivity index (χ1v) is 8.45. The fraction of sp³-hybridized carbons (Fsp3) is 0.250. The maximum absolute atomic E-state index is 12.2. The van der Waals surface area contributed by atoms with Crippen molar-refractivity contribution in [1.29, 1.82) is 0 Å². The van der Waals surface area contributed by atoms with Gasteiger partial charge in [0.1, 0.15) is 0 Å². The second kappa shape index (κ2) is 9.36. The number of hydrogen-bond donors (Lipinski definition) is 2. The Morgan fingerprint density at radius 3 is 2.31 bits per heavy atom. The van der Waals surface area contributed by atoms with Gasteiger partial charge in [0.05, 0.1) is 6.54 Å². The third kappa shape index (κ3) is 5.44. The first-order valence-electron chi connectivity index (χ1n) is 8.45. The first kappa shape index (κ1) is 19.2. The Morgan fingerprint density at radius 1 is 0.923 bits per heavy atom. The second-order valence-corrected chi connectivity index (χ2v) is 5.86. The zero-order valence-electron chi connectivity index (χ0n) is 15.0. The Hall–Kier alpha value is -3.15. The zero-order valence-corrected chi connectivity index (χ0v) is 15.0. The van der Waals surface area contributed by atoms with Gasteiger partial charge >= 0.3 is 0 Å². The van der Waals surface area contributed by atoms with E-state index in [1.807, 2.05) is 19.1 Å². The molecule has 0 aliphatic rings. The summed E-state index contributed by atoms with van der Waals surface area (Å²) in [6, 6.07) is 15.9. The SMILES string of the molecule is CCNC(=O)c1cccc(CNC(=O)CN(C)C(=O)c2ccccc2)c1. The Balaban J connectivity index is 1.88. The normalized spacial score (nSPS) is 10.1. The maximum Gasteiger partial charge on any atom is 0.254 e. The fourth-order valence-corrected chi connectivity index (χ4v) is 2.43. The van der Waals surface area contributed by atoms with E-state index in [0.717, 1.165) is 5.56 Å². The lowest BCUT2D eigenvalue weighted by Crippen LogP contribution is -2.38. The molecule has 0 aliphatic heterocycles. The number of nitrogens with zero attached hydrogens (tertiary/aromatic N) is 1. The van der Waals surface area contributed by atoms with Crippen molar-refractivity contribution in [1.82, 2.24) is 15.5 Å². The van der Waals surface area contributed by atoms with Gasteiger partial charge in [-0.05, 0) is 36.8 Å². The first-order chi connectivity index (χ1) is 12.5. The molecule has 0 radical (unpaired) electrons. The molecule has 2 rings (SSSR count). The van der Waals surface area contributed by atoms with Crippen LogP contribution in [0, 0.1) is 0 Å². The van der Waals surface area contributed by atoms with E-state index in [1.165, 1.54) is 4.90 Å².